The van der Waals surface area contributed by atoms with Gasteiger partial charge in [0.25, 0.3) is 0 Å². The van der Waals surface area contributed by atoms with E-state index in [1.165, 1.54) is 33.6 Å². The van der Waals surface area contributed by atoms with Crippen molar-refractivity contribution in [1.82, 2.24) is 0 Å². The van der Waals surface area contributed by atoms with Crippen molar-refractivity contribution < 1.29 is 0 Å². The third-order valence-electron chi connectivity index (χ3n) is 4.18. The molecule has 0 heterocycles. The number of aryl methyl sites for hydroxylation is 2. The van der Waals surface area contributed by atoms with Gasteiger partial charge >= 0.3 is 0 Å². The van der Waals surface area contributed by atoms with Crippen LogP contribution in [0.1, 0.15) is 22.3 Å². The van der Waals surface area contributed by atoms with Crippen LogP contribution < -0.4 is 10.2 Å². The van der Waals surface area contributed by atoms with Crippen molar-refractivity contribution in [3.63, 3.8) is 0 Å². The molecule has 20 heavy (non-hydrogen) atoms. The molecular weight excluding hydrogens is 244 g/mol. The van der Waals surface area contributed by atoms with Gasteiger partial charge in [-0.05, 0) is 68.1 Å². The molecule has 2 rings (SSSR count). The van der Waals surface area contributed by atoms with Crippen molar-refractivity contribution in [2.24, 2.45) is 0 Å². The Bertz CT molecular complexity index is 603. The van der Waals surface area contributed by atoms with Crippen LogP contribution >= 0.6 is 0 Å². The van der Waals surface area contributed by atoms with Gasteiger partial charge < -0.3 is 10.2 Å². The summed E-state index contributed by atoms with van der Waals surface area (Å²) in [6.45, 7) is 8.78. The first-order valence-electron chi connectivity index (χ1n) is 7.04. The summed E-state index contributed by atoms with van der Waals surface area (Å²) in [6, 6.07) is 10.8. The van der Waals surface area contributed by atoms with Gasteiger partial charge in [0.05, 0.1) is 0 Å². The molecule has 1 N–H and O–H groups in total. The molecule has 0 spiro atoms. The van der Waals surface area contributed by atoms with Gasteiger partial charge in [-0.15, -0.1) is 0 Å². The van der Waals surface area contributed by atoms with Crippen LogP contribution in [0.2, 0.25) is 0 Å². The Labute approximate surface area is 122 Å². The molecule has 0 aromatic heterocycles. The summed E-state index contributed by atoms with van der Waals surface area (Å²) in [5.74, 6) is 0. The Morgan fingerprint density at radius 1 is 0.900 bits per heavy atom. The molecule has 0 atom stereocenters. The minimum atomic E-state index is 1.13. The van der Waals surface area contributed by atoms with Gasteiger partial charge in [-0.2, -0.15) is 0 Å². The van der Waals surface area contributed by atoms with E-state index in [0.29, 0.717) is 0 Å². The first-order valence-corrected chi connectivity index (χ1v) is 7.04. The molecule has 0 aliphatic rings. The quantitative estimate of drug-likeness (QED) is 0.865. The van der Waals surface area contributed by atoms with Gasteiger partial charge in [0.2, 0.25) is 0 Å². The first kappa shape index (κ1) is 14.4. The van der Waals surface area contributed by atoms with Crippen LogP contribution in [0, 0.1) is 27.7 Å². The predicted molar refractivity (Wildman–Crippen MR) is 89.4 cm³/mol. The van der Waals surface area contributed by atoms with Crippen molar-refractivity contribution >= 4 is 17.1 Å². The number of anilines is 3. The molecule has 0 saturated heterocycles. The maximum absolute atomic E-state index is 3.20. The second-order valence-electron chi connectivity index (χ2n) is 5.47. The van der Waals surface area contributed by atoms with Crippen LogP contribution in [0.4, 0.5) is 17.1 Å². The van der Waals surface area contributed by atoms with E-state index in [2.05, 4.69) is 75.3 Å². The molecule has 106 valence electrons. The summed E-state index contributed by atoms with van der Waals surface area (Å²) in [4.78, 5) is 2.28. The zero-order chi connectivity index (χ0) is 14.9. The van der Waals surface area contributed by atoms with E-state index < -0.39 is 0 Å². The Morgan fingerprint density at radius 3 is 2.05 bits per heavy atom. The van der Waals surface area contributed by atoms with Crippen LogP contribution in [0.3, 0.4) is 0 Å². The molecule has 0 aliphatic carbocycles. The predicted octanol–water partition coefficient (Wildman–Crippen LogP) is 4.73. The lowest BCUT2D eigenvalue weighted by Gasteiger charge is -2.26. The molecule has 0 bridgehead atoms. The summed E-state index contributed by atoms with van der Waals surface area (Å²) < 4.78 is 0. The van der Waals surface area contributed by atoms with Crippen LogP contribution in [0.5, 0.6) is 0 Å². The fraction of sp³-hybridized carbons (Fsp3) is 0.333. The number of hydrogen-bond donors (Lipinski definition) is 1. The highest BCUT2D eigenvalue weighted by atomic mass is 15.1. The zero-order valence-electron chi connectivity index (χ0n) is 13.3. The maximum atomic E-state index is 3.20. The fourth-order valence-electron chi connectivity index (χ4n) is 2.70. The topological polar surface area (TPSA) is 15.3 Å². The number of benzene rings is 2. The smallest absolute Gasteiger partial charge is 0.0472 e. The van der Waals surface area contributed by atoms with E-state index in [0.717, 1.165) is 5.69 Å². The molecule has 2 aromatic rings. The highest BCUT2D eigenvalue weighted by molar-refractivity contribution is 5.73. The lowest BCUT2D eigenvalue weighted by molar-refractivity contribution is 1.13. The highest BCUT2D eigenvalue weighted by Crippen LogP contribution is 2.34. The third kappa shape index (κ3) is 2.51. The fourth-order valence-corrected chi connectivity index (χ4v) is 2.70. The molecular formula is C18H24N2. The average Bonchev–Trinajstić information content (AvgIpc) is 2.45. The Hall–Kier alpha value is -1.96. The lowest BCUT2D eigenvalue weighted by Crippen LogP contribution is -2.14. The number of nitrogens with one attached hydrogen (secondary N) is 1. The Kier molecular flexibility index (Phi) is 4.03. The molecule has 2 nitrogen and oxygen atoms in total. The van der Waals surface area contributed by atoms with Crippen molar-refractivity contribution in [1.29, 1.82) is 0 Å². The van der Waals surface area contributed by atoms with Gasteiger partial charge in [-0.25, -0.2) is 0 Å². The van der Waals surface area contributed by atoms with Crippen molar-refractivity contribution in [2.45, 2.75) is 27.7 Å². The minimum Gasteiger partial charge on any atom is -0.388 e. The van der Waals surface area contributed by atoms with Gasteiger partial charge in [-0.1, -0.05) is 12.1 Å². The third-order valence-corrected chi connectivity index (χ3v) is 4.18. The van der Waals surface area contributed by atoms with Crippen LogP contribution in [-0.2, 0) is 0 Å². The molecule has 0 unspecified atom stereocenters. The first-order chi connectivity index (χ1) is 9.45. The van der Waals surface area contributed by atoms with Crippen LogP contribution in [0.25, 0.3) is 0 Å². The monoisotopic (exact) mass is 268 g/mol. The zero-order valence-corrected chi connectivity index (χ0v) is 13.3. The molecule has 0 radical (unpaired) electrons. The molecule has 2 heteroatoms. The van der Waals surface area contributed by atoms with Crippen LogP contribution in [0.15, 0.2) is 30.3 Å². The van der Waals surface area contributed by atoms with Crippen molar-refractivity contribution in [3.05, 3.63) is 52.6 Å². The highest BCUT2D eigenvalue weighted by Gasteiger charge is 2.14. The van der Waals surface area contributed by atoms with Gasteiger partial charge in [-0.3, -0.25) is 0 Å². The molecule has 0 fully saturated rings. The Morgan fingerprint density at radius 2 is 1.50 bits per heavy atom. The standard InChI is InChI=1S/C18H24N2/c1-12-10-13(2)15(4)18(14(12)3)20(6)17-9-7-8-16(11-17)19-5/h7-11,19H,1-6H3. The maximum Gasteiger partial charge on any atom is 0.0472 e. The number of rotatable bonds is 3. The van der Waals surface area contributed by atoms with Gasteiger partial charge in [0, 0.05) is 31.2 Å². The van der Waals surface area contributed by atoms with Gasteiger partial charge in [0.15, 0.2) is 0 Å². The van der Waals surface area contributed by atoms with Crippen LogP contribution in [-0.4, -0.2) is 14.1 Å². The number of nitrogens with zero attached hydrogens (tertiary/aromatic N) is 1. The summed E-state index contributed by atoms with van der Waals surface area (Å²) in [5, 5.41) is 3.20. The second kappa shape index (κ2) is 5.58. The van der Waals surface area contributed by atoms with E-state index in [4.69, 9.17) is 0 Å². The van der Waals surface area contributed by atoms with Crippen molar-refractivity contribution in [3.8, 4) is 0 Å². The summed E-state index contributed by atoms with van der Waals surface area (Å²) in [6.07, 6.45) is 0. The van der Waals surface area contributed by atoms with E-state index in [1.807, 2.05) is 7.05 Å². The Balaban J connectivity index is 2.55. The molecule has 0 amide bonds. The van der Waals surface area contributed by atoms with Crippen molar-refractivity contribution in [2.75, 3.05) is 24.3 Å². The van der Waals surface area contributed by atoms with E-state index in [1.54, 1.807) is 0 Å². The number of hydrogen-bond acceptors (Lipinski definition) is 2. The molecule has 0 saturated carbocycles. The second-order valence-corrected chi connectivity index (χ2v) is 5.47. The lowest BCUT2D eigenvalue weighted by atomic mass is 9.97. The average molecular weight is 268 g/mol. The molecule has 0 aliphatic heterocycles. The van der Waals surface area contributed by atoms with E-state index in [9.17, 15) is 0 Å². The summed E-state index contributed by atoms with van der Waals surface area (Å²) in [5.41, 5.74) is 9.05. The summed E-state index contributed by atoms with van der Waals surface area (Å²) >= 11 is 0. The SMILES string of the molecule is CNc1cccc(N(C)c2c(C)c(C)cc(C)c2C)c1. The largest absolute Gasteiger partial charge is 0.388 e. The summed E-state index contributed by atoms with van der Waals surface area (Å²) in [7, 11) is 4.09. The minimum absolute atomic E-state index is 1.13. The van der Waals surface area contributed by atoms with E-state index in [-0.39, 0.29) is 0 Å². The molecule has 2 aromatic carbocycles. The normalized spacial score (nSPS) is 10.5. The van der Waals surface area contributed by atoms with E-state index >= 15 is 0 Å². The van der Waals surface area contributed by atoms with Gasteiger partial charge in [0.1, 0.15) is 0 Å².